The lowest BCUT2D eigenvalue weighted by molar-refractivity contribution is -0.0970. The molecule has 1 saturated carbocycles. The van der Waals surface area contributed by atoms with Gasteiger partial charge in [0.15, 0.2) is 0 Å². The molecule has 0 amide bonds. The van der Waals surface area contributed by atoms with Gasteiger partial charge in [0.25, 0.3) is 0 Å². The zero-order valence-corrected chi connectivity index (χ0v) is 14.2. The van der Waals surface area contributed by atoms with E-state index in [4.69, 9.17) is 15.2 Å². The first-order chi connectivity index (χ1) is 10.2. The van der Waals surface area contributed by atoms with Gasteiger partial charge >= 0.3 is 0 Å². The third-order valence-electron chi connectivity index (χ3n) is 5.91. The number of hydrogen-bond donors (Lipinski definition) is 1. The molecule has 4 atom stereocenters. The first kappa shape index (κ1) is 16.1. The van der Waals surface area contributed by atoms with Gasteiger partial charge in [0.1, 0.15) is 0 Å². The number of methoxy groups -OCH3 is 1. The van der Waals surface area contributed by atoms with E-state index in [0.717, 1.165) is 25.2 Å². The zero-order valence-electron chi connectivity index (χ0n) is 13.4. The number of ether oxygens (including phenoxy) is 2. The van der Waals surface area contributed by atoms with Crippen molar-refractivity contribution in [3.05, 3.63) is 0 Å². The minimum atomic E-state index is 0.135. The van der Waals surface area contributed by atoms with Gasteiger partial charge in [-0.15, -0.1) is 0 Å². The van der Waals surface area contributed by atoms with Crippen LogP contribution in [-0.4, -0.2) is 43.0 Å². The fraction of sp³-hybridized carbons (Fsp3) is 1.00. The summed E-state index contributed by atoms with van der Waals surface area (Å²) in [4.78, 5) is 0. The van der Waals surface area contributed by atoms with Crippen LogP contribution >= 0.6 is 11.8 Å². The van der Waals surface area contributed by atoms with E-state index in [-0.39, 0.29) is 17.7 Å². The van der Waals surface area contributed by atoms with Gasteiger partial charge in [-0.1, -0.05) is 19.3 Å². The first-order valence-corrected chi connectivity index (χ1v) is 9.90. The smallest absolute Gasteiger partial charge is 0.0783 e. The highest BCUT2D eigenvalue weighted by atomic mass is 32.2. The second kappa shape index (κ2) is 7.20. The maximum atomic E-state index is 6.70. The molecule has 3 nitrogen and oxygen atoms in total. The Morgan fingerprint density at radius 2 is 2.00 bits per heavy atom. The van der Waals surface area contributed by atoms with Crippen molar-refractivity contribution in [1.82, 2.24) is 0 Å². The fourth-order valence-corrected chi connectivity index (χ4v) is 6.03. The zero-order chi connectivity index (χ0) is 14.7. The molecule has 1 aliphatic carbocycles. The standard InChI is InChI=1S/C17H31NO2S/c1-19-16(13-5-3-2-4-6-13)15(18)14-7-9-20-17(11-14)8-10-21-12-17/h13-16H,2-12,18H2,1H3. The van der Waals surface area contributed by atoms with Crippen molar-refractivity contribution in [2.24, 2.45) is 17.6 Å². The van der Waals surface area contributed by atoms with Gasteiger partial charge in [0, 0.05) is 25.5 Å². The average Bonchev–Trinajstić information content (AvgIpc) is 2.97. The van der Waals surface area contributed by atoms with Crippen LogP contribution in [0.1, 0.15) is 51.4 Å². The Hall–Kier alpha value is 0.230. The van der Waals surface area contributed by atoms with Crippen molar-refractivity contribution in [3.63, 3.8) is 0 Å². The van der Waals surface area contributed by atoms with Crippen LogP contribution in [0.15, 0.2) is 0 Å². The van der Waals surface area contributed by atoms with Crippen LogP contribution in [-0.2, 0) is 9.47 Å². The van der Waals surface area contributed by atoms with Crippen molar-refractivity contribution < 1.29 is 9.47 Å². The third kappa shape index (κ3) is 3.60. The lowest BCUT2D eigenvalue weighted by atomic mass is 9.75. The van der Waals surface area contributed by atoms with Gasteiger partial charge < -0.3 is 15.2 Å². The van der Waals surface area contributed by atoms with E-state index < -0.39 is 0 Å². The topological polar surface area (TPSA) is 44.5 Å². The Balaban J connectivity index is 1.63. The highest BCUT2D eigenvalue weighted by Gasteiger charge is 2.44. The SMILES string of the molecule is COC(C1CCCCC1)C(N)C1CCOC2(CCSC2)C1. The van der Waals surface area contributed by atoms with E-state index in [9.17, 15) is 0 Å². The molecule has 4 heteroatoms. The Morgan fingerprint density at radius 3 is 2.67 bits per heavy atom. The summed E-state index contributed by atoms with van der Waals surface area (Å²) in [5.41, 5.74) is 6.83. The van der Waals surface area contributed by atoms with Crippen LogP contribution in [0.5, 0.6) is 0 Å². The maximum absolute atomic E-state index is 6.70. The van der Waals surface area contributed by atoms with Crippen LogP contribution < -0.4 is 5.73 Å². The highest BCUT2D eigenvalue weighted by Crippen LogP contribution is 2.42. The second-order valence-corrected chi connectivity index (χ2v) is 8.37. The monoisotopic (exact) mass is 313 g/mol. The van der Waals surface area contributed by atoms with Gasteiger partial charge in [-0.3, -0.25) is 0 Å². The Morgan fingerprint density at radius 1 is 1.19 bits per heavy atom. The Bertz CT molecular complexity index is 327. The summed E-state index contributed by atoms with van der Waals surface area (Å²) in [6, 6.07) is 0.185. The van der Waals surface area contributed by atoms with Crippen molar-refractivity contribution in [2.75, 3.05) is 25.2 Å². The molecule has 4 unspecified atom stereocenters. The molecule has 2 N–H and O–H groups in total. The molecular weight excluding hydrogens is 282 g/mol. The predicted octanol–water partition coefficient (Wildman–Crippen LogP) is 3.21. The van der Waals surface area contributed by atoms with Crippen LogP contribution in [0.4, 0.5) is 0 Å². The van der Waals surface area contributed by atoms with Crippen LogP contribution in [0, 0.1) is 11.8 Å². The molecule has 21 heavy (non-hydrogen) atoms. The minimum absolute atomic E-state index is 0.135. The fourth-order valence-electron chi connectivity index (χ4n) is 4.65. The minimum Gasteiger partial charge on any atom is -0.380 e. The van der Waals surface area contributed by atoms with Crippen LogP contribution in [0.3, 0.4) is 0 Å². The molecule has 122 valence electrons. The van der Waals surface area contributed by atoms with E-state index in [2.05, 4.69) is 0 Å². The molecule has 2 saturated heterocycles. The van der Waals surface area contributed by atoms with E-state index in [1.165, 1.54) is 44.3 Å². The molecule has 0 aromatic carbocycles. The number of nitrogens with two attached hydrogens (primary N) is 1. The quantitative estimate of drug-likeness (QED) is 0.865. The summed E-state index contributed by atoms with van der Waals surface area (Å²) in [5.74, 6) is 3.66. The summed E-state index contributed by atoms with van der Waals surface area (Å²) in [5, 5.41) is 0. The van der Waals surface area contributed by atoms with E-state index in [0.29, 0.717) is 11.8 Å². The Labute approximate surface area is 133 Å². The summed E-state index contributed by atoms with van der Waals surface area (Å²) >= 11 is 2.04. The van der Waals surface area contributed by atoms with Gasteiger partial charge in [-0.05, 0) is 49.7 Å². The lowest BCUT2D eigenvalue weighted by Crippen LogP contribution is -2.52. The predicted molar refractivity (Wildman–Crippen MR) is 88.7 cm³/mol. The van der Waals surface area contributed by atoms with Crippen LogP contribution in [0.2, 0.25) is 0 Å². The van der Waals surface area contributed by atoms with Crippen LogP contribution in [0.25, 0.3) is 0 Å². The molecule has 0 aromatic rings. The normalized spacial score (nSPS) is 37.7. The molecule has 3 aliphatic rings. The second-order valence-electron chi connectivity index (χ2n) is 7.26. The molecule has 3 rings (SSSR count). The third-order valence-corrected chi connectivity index (χ3v) is 7.13. The molecule has 2 aliphatic heterocycles. The molecule has 0 bridgehead atoms. The van der Waals surface area contributed by atoms with Gasteiger partial charge in [-0.25, -0.2) is 0 Å². The number of rotatable bonds is 4. The number of thioether (sulfide) groups is 1. The number of hydrogen-bond acceptors (Lipinski definition) is 4. The summed E-state index contributed by atoms with van der Waals surface area (Å²) < 4.78 is 12.0. The lowest BCUT2D eigenvalue weighted by Gasteiger charge is -2.43. The first-order valence-electron chi connectivity index (χ1n) is 8.74. The summed E-state index contributed by atoms with van der Waals surface area (Å²) in [6.45, 7) is 0.889. The molecule has 0 aromatic heterocycles. The molecular formula is C17H31NO2S. The summed E-state index contributed by atoms with van der Waals surface area (Å²) in [6.07, 6.45) is 10.4. The molecule has 0 radical (unpaired) electrons. The van der Waals surface area contributed by atoms with Crippen molar-refractivity contribution in [3.8, 4) is 0 Å². The van der Waals surface area contributed by atoms with Gasteiger partial charge in [0.05, 0.1) is 11.7 Å². The van der Waals surface area contributed by atoms with Gasteiger partial charge in [0.2, 0.25) is 0 Å². The highest BCUT2D eigenvalue weighted by molar-refractivity contribution is 7.99. The largest absolute Gasteiger partial charge is 0.380 e. The van der Waals surface area contributed by atoms with E-state index in [1.807, 2.05) is 18.9 Å². The molecule has 1 spiro atoms. The van der Waals surface area contributed by atoms with Crippen molar-refractivity contribution >= 4 is 11.8 Å². The maximum Gasteiger partial charge on any atom is 0.0783 e. The van der Waals surface area contributed by atoms with Gasteiger partial charge in [-0.2, -0.15) is 11.8 Å². The Kier molecular flexibility index (Phi) is 5.52. The van der Waals surface area contributed by atoms with E-state index in [1.54, 1.807) is 0 Å². The van der Waals surface area contributed by atoms with Crippen molar-refractivity contribution in [2.45, 2.75) is 69.1 Å². The molecule has 2 heterocycles. The molecule has 3 fully saturated rings. The summed E-state index contributed by atoms with van der Waals surface area (Å²) in [7, 11) is 1.86. The van der Waals surface area contributed by atoms with E-state index >= 15 is 0 Å². The van der Waals surface area contributed by atoms with Crippen molar-refractivity contribution in [1.29, 1.82) is 0 Å². The average molecular weight is 314 g/mol.